The van der Waals surface area contributed by atoms with Crippen LogP contribution < -0.4 is 10.6 Å². The Morgan fingerprint density at radius 3 is 2.96 bits per heavy atom. The minimum atomic E-state index is 0.590. The van der Waals surface area contributed by atoms with E-state index in [1.165, 1.54) is 6.33 Å². The first-order valence-corrected chi connectivity index (χ1v) is 9.50. The van der Waals surface area contributed by atoms with Gasteiger partial charge in [0.1, 0.15) is 6.33 Å². The molecular formula is C18H23N7S. The Hall–Kier alpha value is -2.74. The number of aryl methyl sites for hydroxylation is 1. The Labute approximate surface area is 157 Å². The number of hydrogen-bond donors (Lipinski definition) is 3. The van der Waals surface area contributed by atoms with Gasteiger partial charge in [0.05, 0.1) is 17.2 Å². The number of nitrogens with zero attached hydrogens (tertiary/aromatic N) is 4. The molecule has 2 heterocycles. The number of aromatic nitrogens is 4. The number of aromatic amines is 1. The maximum absolute atomic E-state index is 4.67. The van der Waals surface area contributed by atoms with E-state index >= 15 is 0 Å². The number of thiazole rings is 1. The molecule has 0 radical (unpaired) electrons. The minimum Gasteiger partial charge on any atom is -0.357 e. The van der Waals surface area contributed by atoms with E-state index in [1.807, 2.05) is 19.1 Å². The summed E-state index contributed by atoms with van der Waals surface area (Å²) in [6.45, 7) is 6.30. The van der Waals surface area contributed by atoms with Gasteiger partial charge in [0.25, 0.3) is 0 Å². The molecule has 8 heteroatoms. The lowest BCUT2D eigenvalue weighted by Gasteiger charge is -2.11. The zero-order valence-corrected chi connectivity index (χ0v) is 15.8. The van der Waals surface area contributed by atoms with Gasteiger partial charge < -0.3 is 10.6 Å². The molecule has 3 rings (SSSR count). The summed E-state index contributed by atoms with van der Waals surface area (Å²) in [4.78, 5) is 13.3. The van der Waals surface area contributed by atoms with Crippen molar-refractivity contribution in [3.05, 3.63) is 52.2 Å². The lowest BCUT2D eigenvalue weighted by Crippen LogP contribution is -2.38. The molecule has 0 aliphatic rings. The number of hydrogen-bond acceptors (Lipinski definition) is 5. The fourth-order valence-electron chi connectivity index (χ4n) is 2.51. The van der Waals surface area contributed by atoms with Gasteiger partial charge in [-0.1, -0.05) is 18.2 Å². The van der Waals surface area contributed by atoms with Crippen molar-refractivity contribution in [2.75, 3.05) is 13.1 Å². The second-order valence-electron chi connectivity index (χ2n) is 5.76. The van der Waals surface area contributed by atoms with Crippen LogP contribution in [0.3, 0.4) is 0 Å². The van der Waals surface area contributed by atoms with Crippen molar-refractivity contribution in [2.45, 2.75) is 26.8 Å². The predicted molar refractivity (Wildman–Crippen MR) is 105 cm³/mol. The van der Waals surface area contributed by atoms with Gasteiger partial charge in [-0.3, -0.25) is 5.10 Å². The maximum atomic E-state index is 4.67. The van der Waals surface area contributed by atoms with Gasteiger partial charge in [0.15, 0.2) is 11.8 Å². The van der Waals surface area contributed by atoms with Crippen LogP contribution in [0.4, 0.5) is 0 Å². The summed E-state index contributed by atoms with van der Waals surface area (Å²) in [5.74, 6) is 1.57. The molecule has 3 aromatic rings. The highest BCUT2D eigenvalue weighted by molar-refractivity contribution is 7.09. The van der Waals surface area contributed by atoms with Crippen molar-refractivity contribution in [3.8, 4) is 11.4 Å². The number of guanidine groups is 1. The van der Waals surface area contributed by atoms with Crippen LogP contribution in [0.2, 0.25) is 0 Å². The van der Waals surface area contributed by atoms with E-state index in [0.717, 1.165) is 53.1 Å². The maximum Gasteiger partial charge on any atom is 0.191 e. The van der Waals surface area contributed by atoms with Crippen LogP contribution in [-0.2, 0) is 13.0 Å². The molecular weight excluding hydrogens is 346 g/mol. The topological polar surface area (TPSA) is 90.9 Å². The smallest absolute Gasteiger partial charge is 0.191 e. The van der Waals surface area contributed by atoms with Gasteiger partial charge in [-0.15, -0.1) is 11.3 Å². The number of benzene rings is 1. The molecule has 3 N–H and O–H groups in total. The Balaban J connectivity index is 1.59. The first-order valence-electron chi connectivity index (χ1n) is 8.62. The highest BCUT2D eigenvalue weighted by atomic mass is 32.1. The molecule has 0 spiro atoms. The first-order chi connectivity index (χ1) is 12.7. The van der Waals surface area contributed by atoms with E-state index in [2.05, 4.69) is 60.2 Å². The van der Waals surface area contributed by atoms with Crippen LogP contribution >= 0.6 is 11.3 Å². The Kier molecular flexibility index (Phi) is 6.32. The van der Waals surface area contributed by atoms with Gasteiger partial charge in [0, 0.05) is 30.5 Å². The van der Waals surface area contributed by atoms with Gasteiger partial charge in [-0.05, 0) is 25.5 Å². The van der Waals surface area contributed by atoms with Crippen molar-refractivity contribution in [1.29, 1.82) is 0 Å². The second-order valence-corrected chi connectivity index (χ2v) is 6.83. The normalized spacial score (nSPS) is 11.5. The summed E-state index contributed by atoms with van der Waals surface area (Å²) in [7, 11) is 0. The third-order valence-corrected chi connectivity index (χ3v) is 4.54. The zero-order valence-electron chi connectivity index (χ0n) is 15.0. The van der Waals surface area contributed by atoms with E-state index in [0.29, 0.717) is 6.54 Å². The van der Waals surface area contributed by atoms with Crippen LogP contribution in [0.5, 0.6) is 0 Å². The summed E-state index contributed by atoms with van der Waals surface area (Å²) >= 11 is 1.68. The molecule has 0 saturated carbocycles. The highest BCUT2D eigenvalue weighted by Gasteiger charge is 2.03. The highest BCUT2D eigenvalue weighted by Crippen LogP contribution is 2.15. The molecule has 0 unspecified atom stereocenters. The number of rotatable bonds is 7. The largest absolute Gasteiger partial charge is 0.357 e. The molecule has 0 atom stereocenters. The van der Waals surface area contributed by atoms with Crippen LogP contribution in [-0.4, -0.2) is 39.2 Å². The van der Waals surface area contributed by atoms with Gasteiger partial charge in [0.2, 0.25) is 0 Å². The van der Waals surface area contributed by atoms with Crippen molar-refractivity contribution in [3.63, 3.8) is 0 Å². The Morgan fingerprint density at radius 2 is 2.23 bits per heavy atom. The van der Waals surface area contributed by atoms with Crippen LogP contribution in [0.25, 0.3) is 11.4 Å². The monoisotopic (exact) mass is 369 g/mol. The SMILES string of the molecule is CCNC(=NCc1cccc(-c2ncn[nH]2)c1)NCCc1csc(C)n1. The lowest BCUT2D eigenvalue weighted by atomic mass is 10.1. The standard InChI is InChI=1S/C18H23N7S/c1-3-19-18(20-8-7-16-11-26-13(2)24-16)21-10-14-5-4-6-15(9-14)17-22-12-23-25-17/h4-6,9,11-12H,3,7-8,10H2,1-2H3,(H2,19,20,21)(H,22,23,25). The summed E-state index contributed by atoms with van der Waals surface area (Å²) in [5.41, 5.74) is 3.24. The molecule has 0 amide bonds. The fourth-order valence-corrected chi connectivity index (χ4v) is 3.15. The molecule has 0 saturated heterocycles. The summed E-state index contributed by atoms with van der Waals surface area (Å²) in [6.07, 6.45) is 2.40. The van der Waals surface area contributed by atoms with E-state index in [9.17, 15) is 0 Å². The third kappa shape index (κ3) is 5.13. The molecule has 7 nitrogen and oxygen atoms in total. The van der Waals surface area contributed by atoms with Gasteiger partial charge >= 0.3 is 0 Å². The summed E-state index contributed by atoms with van der Waals surface area (Å²) < 4.78 is 0. The summed E-state index contributed by atoms with van der Waals surface area (Å²) in [6, 6.07) is 8.15. The van der Waals surface area contributed by atoms with E-state index in [4.69, 9.17) is 0 Å². The minimum absolute atomic E-state index is 0.590. The van der Waals surface area contributed by atoms with Crippen LogP contribution in [0, 0.1) is 6.92 Å². The molecule has 0 aliphatic carbocycles. The molecule has 0 fully saturated rings. The quantitative estimate of drug-likeness (QED) is 0.440. The number of aliphatic imine (C=N–C) groups is 1. The fraction of sp³-hybridized carbons (Fsp3) is 0.333. The van der Waals surface area contributed by atoms with E-state index < -0.39 is 0 Å². The van der Waals surface area contributed by atoms with E-state index in [1.54, 1.807) is 11.3 Å². The molecule has 136 valence electrons. The Morgan fingerprint density at radius 1 is 1.31 bits per heavy atom. The van der Waals surface area contributed by atoms with Crippen molar-refractivity contribution in [1.82, 2.24) is 30.8 Å². The zero-order chi connectivity index (χ0) is 18.2. The van der Waals surface area contributed by atoms with Crippen molar-refractivity contribution >= 4 is 17.3 Å². The molecule has 1 aromatic carbocycles. The second kappa shape index (κ2) is 9.10. The van der Waals surface area contributed by atoms with Gasteiger partial charge in [-0.2, -0.15) is 5.10 Å². The van der Waals surface area contributed by atoms with Crippen LogP contribution in [0.1, 0.15) is 23.2 Å². The molecule has 0 bridgehead atoms. The third-order valence-electron chi connectivity index (χ3n) is 3.72. The number of nitrogens with one attached hydrogen (secondary N) is 3. The summed E-state index contributed by atoms with van der Waals surface area (Å²) in [5, 5.41) is 16.6. The van der Waals surface area contributed by atoms with E-state index in [-0.39, 0.29) is 0 Å². The van der Waals surface area contributed by atoms with Crippen molar-refractivity contribution in [2.24, 2.45) is 4.99 Å². The Bertz CT molecular complexity index is 839. The first kappa shape index (κ1) is 18.1. The molecule has 2 aromatic heterocycles. The van der Waals surface area contributed by atoms with Crippen molar-refractivity contribution < 1.29 is 0 Å². The lowest BCUT2D eigenvalue weighted by molar-refractivity contribution is 0.790. The molecule has 0 aliphatic heterocycles. The average molecular weight is 369 g/mol. The number of H-pyrrole nitrogens is 1. The predicted octanol–water partition coefficient (Wildman–Crippen LogP) is 2.53. The van der Waals surface area contributed by atoms with Crippen LogP contribution in [0.15, 0.2) is 41.0 Å². The van der Waals surface area contributed by atoms with Gasteiger partial charge in [-0.25, -0.2) is 15.0 Å². The average Bonchev–Trinajstić information content (AvgIpc) is 3.32. The molecule has 26 heavy (non-hydrogen) atoms.